The predicted octanol–water partition coefficient (Wildman–Crippen LogP) is 5.34. The summed E-state index contributed by atoms with van der Waals surface area (Å²) in [5.74, 6) is -0.998. The predicted molar refractivity (Wildman–Crippen MR) is 145 cm³/mol. The summed E-state index contributed by atoms with van der Waals surface area (Å²) in [6, 6.07) is 12.3. The van der Waals surface area contributed by atoms with Crippen LogP contribution in [-0.4, -0.2) is 52.8 Å². The molecule has 1 unspecified atom stereocenters. The Morgan fingerprint density at radius 3 is 2.76 bits per heavy atom. The lowest BCUT2D eigenvalue weighted by molar-refractivity contribution is 0.0666. The van der Waals surface area contributed by atoms with Gasteiger partial charge >= 0.3 is 0 Å². The van der Waals surface area contributed by atoms with Crippen molar-refractivity contribution < 1.29 is 17.6 Å². The number of alkyl halides is 1. The molecule has 1 atom stereocenters. The van der Waals surface area contributed by atoms with Gasteiger partial charge in [-0.2, -0.15) is 5.10 Å². The van der Waals surface area contributed by atoms with Crippen LogP contribution in [0.4, 0.5) is 4.39 Å². The molecule has 0 aliphatic carbocycles. The molecule has 192 valence electrons. The van der Waals surface area contributed by atoms with Gasteiger partial charge < -0.3 is 4.90 Å². The van der Waals surface area contributed by atoms with E-state index < -0.39 is 33.0 Å². The van der Waals surface area contributed by atoms with Crippen LogP contribution in [0.3, 0.4) is 0 Å². The molecule has 2 aromatic heterocycles. The number of amides is 1. The van der Waals surface area contributed by atoms with E-state index in [0.29, 0.717) is 20.8 Å². The van der Waals surface area contributed by atoms with E-state index in [9.17, 15) is 13.2 Å². The molecule has 0 radical (unpaired) electrons. The van der Waals surface area contributed by atoms with Crippen molar-refractivity contribution >= 4 is 54.6 Å². The van der Waals surface area contributed by atoms with Crippen LogP contribution in [0.2, 0.25) is 5.02 Å². The monoisotopic (exact) mass is 622 g/mol. The second-order valence-corrected chi connectivity index (χ2v) is 13.5. The molecule has 1 aliphatic rings. The van der Waals surface area contributed by atoms with Gasteiger partial charge in [0.2, 0.25) is 0 Å². The van der Waals surface area contributed by atoms with E-state index in [1.807, 2.05) is 37.4 Å². The molecule has 37 heavy (non-hydrogen) atoms. The standard InChI is InChI=1S/C25H21BrClFN4O3S2/c1-16-12-30-32(14-16)22-5-3-2-4-17(22)10-19-13-29-24(36-19)25(28)15-31(8-9-37(25,34)35)23(33)18-6-7-20(26)21(27)11-18/h2-7,11-14H,8-10,15H2,1H3. The highest BCUT2D eigenvalue weighted by atomic mass is 79.9. The number of thiazole rings is 1. The summed E-state index contributed by atoms with van der Waals surface area (Å²) in [6.07, 6.45) is 5.59. The molecule has 1 amide bonds. The summed E-state index contributed by atoms with van der Waals surface area (Å²) >= 11 is 10.4. The summed E-state index contributed by atoms with van der Waals surface area (Å²) in [5, 5.41) is 1.72. The van der Waals surface area contributed by atoms with Gasteiger partial charge in [0.1, 0.15) is 5.01 Å². The van der Waals surface area contributed by atoms with Crippen molar-refractivity contribution in [3.63, 3.8) is 0 Å². The first kappa shape index (κ1) is 26.0. The van der Waals surface area contributed by atoms with Crippen LogP contribution < -0.4 is 0 Å². The van der Waals surface area contributed by atoms with Crippen molar-refractivity contribution in [1.82, 2.24) is 19.7 Å². The number of carbonyl (C=O) groups excluding carboxylic acids is 1. The summed E-state index contributed by atoms with van der Waals surface area (Å²) in [6.45, 7) is 1.19. The highest BCUT2D eigenvalue weighted by molar-refractivity contribution is 9.10. The molecular weight excluding hydrogens is 603 g/mol. The normalized spacial score (nSPS) is 19.2. The number of hydrogen-bond donors (Lipinski definition) is 0. The Bertz CT molecular complexity index is 1610. The van der Waals surface area contributed by atoms with Gasteiger partial charge in [-0.15, -0.1) is 11.3 Å². The van der Waals surface area contributed by atoms with Crippen molar-refractivity contribution in [1.29, 1.82) is 0 Å². The van der Waals surface area contributed by atoms with Gasteiger partial charge in [0.25, 0.3) is 10.9 Å². The smallest absolute Gasteiger partial charge is 0.278 e. The Morgan fingerprint density at radius 2 is 2.03 bits per heavy atom. The maximum Gasteiger partial charge on any atom is 0.278 e. The number of rotatable bonds is 5. The quantitative estimate of drug-likeness (QED) is 0.300. The van der Waals surface area contributed by atoms with Gasteiger partial charge in [0, 0.05) is 40.3 Å². The fraction of sp³-hybridized carbons (Fsp3) is 0.240. The number of carbonyl (C=O) groups is 1. The van der Waals surface area contributed by atoms with Crippen molar-refractivity contribution in [2.24, 2.45) is 0 Å². The van der Waals surface area contributed by atoms with E-state index in [2.05, 4.69) is 26.0 Å². The number of para-hydroxylation sites is 1. The minimum absolute atomic E-state index is 0.116. The Kier molecular flexibility index (Phi) is 6.99. The Hall–Kier alpha value is -2.60. The van der Waals surface area contributed by atoms with E-state index in [4.69, 9.17) is 11.6 Å². The van der Waals surface area contributed by atoms with Gasteiger partial charge in [-0.05, 0) is 58.2 Å². The number of hydrogen-bond acceptors (Lipinski definition) is 6. The molecule has 0 spiro atoms. The van der Waals surface area contributed by atoms with E-state index >= 15 is 4.39 Å². The van der Waals surface area contributed by atoms with Crippen molar-refractivity contribution in [3.05, 3.63) is 97.1 Å². The van der Waals surface area contributed by atoms with Crippen molar-refractivity contribution in [2.45, 2.75) is 18.3 Å². The average Bonchev–Trinajstić information content (AvgIpc) is 3.52. The fourth-order valence-corrected chi connectivity index (χ4v) is 7.47. The van der Waals surface area contributed by atoms with Crippen LogP contribution in [0, 0.1) is 6.92 Å². The lowest BCUT2D eigenvalue weighted by Crippen LogP contribution is -2.53. The zero-order valence-corrected chi connectivity index (χ0v) is 23.5. The molecule has 1 fully saturated rings. The maximum atomic E-state index is 16.4. The Balaban J connectivity index is 1.42. The van der Waals surface area contributed by atoms with Crippen molar-refractivity contribution in [3.8, 4) is 5.69 Å². The summed E-state index contributed by atoms with van der Waals surface area (Å²) < 4.78 is 44.6. The van der Waals surface area contributed by atoms with E-state index in [1.165, 1.54) is 17.2 Å². The number of sulfone groups is 1. The highest BCUT2D eigenvalue weighted by Crippen LogP contribution is 2.40. The first-order chi connectivity index (χ1) is 17.6. The molecule has 5 rings (SSSR count). The fourth-order valence-electron chi connectivity index (χ4n) is 4.18. The third-order valence-corrected chi connectivity index (χ3v) is 10.7. The lowest BCUT2D eigenvalue weighted by atomic mass is 10.1. The van der Waals surface area contributed by atoms with Crippen LogP contribution in [0.1, 0.15) is 31.4 Å². The first-order valence-corrected chi connectivity index (χ1v) is 14.9. The number of aryl methyl sites for hydroxylation is 1. The molecule has 0 bridgehead atoms. The van der Waals surface area contributed by atoms with Crippen LogP contribution in [0.25, 0.3) is 5.69 Å². The minimum Gasteiger partial charge on any atom is -0.333 e. The van der Waals surface area contributed by atoms with Crippen LogP contribution >= 0.6 is 38.9 Å². The van der Waals surface area contributed by atoms with Crippen LogP contribution in [0.15, 0.2) is 65.5 Å². The van der Waals surface area contributed by atoms with E-state index in [1.54, 1.807) is 23.0 Å². The zero-order valence-electron chi connectivity index (χ0n) is 19.6. The molecule has 12 heteroatoms. The Morgan fingerprint density at radius 1 is 1.24 bits per heavy atom. The van der Waals surface area contributed by atoms with E-state index in [0.717, 1.165) is 28.2 Å². The maximum absolute atomic E-state index is 16.4. The Labute approximate surface area is 231 Å². The first-order valence-electron chi connectivity index (χ1n) is 11.3. The molecular formula is C25H21BrClFN4O3S2. The summed E-state index contributed by atoms with van der Waals surface area (Å²) in [4.78, 5) is 19.2. The lowest BCUT2D eigenvalue weighted by Gasteiger charge is -2.35. The third-order valence-electron chi connectivity index (χ3n) is 6.16. The molecule has 1 saturated heterocycles. The number of aromatic nitrogens is 3. The average molecular weight is 624 g/mol. The topological polar surface area (TPSA) is 85.2 Å². The molecule has 0 saturated carbocycles. The number of benzene rings is 2. The molecule has 3 heterocycles. The second-order valence-electron chi connectivity index (χ2n) is 8.80. The second kappa shape index (κ2) is 9.94. The molecule has 2 aromatic carbocycles. The molecule has 4 aromatic rings. The zero-order chi connectivity index (χ0) is 26.4. The van der Waals surface area contributed by atoms with Gasteiger partial charge in [-0.25, -0.2) is 22.5 Å². The van der Waals surface area contributed by atoms with Crippen molar-refractivity contribution in [2.75, 3.05) is 18.8 Å². The third kappa shape index (κ3) is 4.97. The van der Waals surface area contributed by atoms with E-state index in [-0.39, 0.29) is 17.1 Å². The minimum atomic E-state index is -4.21. The number of nitrogens with zero attached hydrogens (tertiary/aromatic N) is 4. The largest absolute Gasteiger partial charge is 0.333 e. The van der Waals surface area contributed by atoms with Gasteiger partial charge in [0.05, 0.1) is 29.2 Å². The molecule has 7 nitrogen and oxygen atoms in total. The van der Waals surface area contributed by atoms with Gasteiger partial charge in [-0.1, -0.05) is 29.8 Å². The highest BCUT2D eigenvalue weighted by Gasteiger charge is 2.53. The number of halogens is 3. The van der Waals surface area contributed by atoms with Gasteiger partial charge in [-0.3, -0.25) is 4.79 Å². The summed E-state index contributed by atoms with van der Waals surface area (Å²) in [5.41, 5.74) is 3.07. The summed E-state index contributed by atoms with van der Waals surface area (Å²) in [7, 11) is -4.21. The van der Waals surface area contributed by atoms with Crippen LogP contribution in [0.5, 0.6) is 0 Å². The molecule has 0 N–H and O–H groups in total. The van der Waals surface area contributed by atoms with Crippen LogP contribution in [-0.2, 0) is 21.3 Å². The molecule has 1 aliphatic heterocycles. The van der Waals surface area contributed by atoms with Gasteiger partial charge in [0.15, 0.2) is 9.84 Å². The SMILES string of the molecule is Cc1cnn(-c2ccccc2Cc2cnc(C3(F)CN(C(=O)c4ccc(Br)c(Cl)c4)CCS3(=O)=O)s2)c1.